The van der Waals surface area contributed by atoms with Gasteiger partial charge in [-0.05, 0) is 45.2 Å². The van der Waals surface area contributed by atoms with Crippen molar-refractivity contribution >= 4 is 17.2 Å². The van der Waals surface area contributed by atoms with E-state index in [2.05, 4.69) is 34.0 Å². The van der Waals surface area contributed by atoms with Gasteiger partial charge >= 0.3 is 0 Å². The number of H-pyrrole nitrogens is 1. The third kappa shape index (κ3) is 4.05. The molecule has 0 unspecified atom stereocenters. The van der Waals surface area contributed by atoms with E-state index in [-0.39, 0.29) is 5.91 Å². The number of rotatable bonds is 5. The normalized spacial score (nSPS) is 20.0. The average molecular weight is 346 g/mol. The molecular weight excluding hydrogens is 320 g/mol. The predicted molar refractivity (Wildman–Crippen MR) is 98.4 cm³/mol. The Morgan fingerprint density at radius 2 is 2.42 bits per heavy atom. The molecule has 3 heterocycles. The molecule has 130 valence electrons. The number of nitrogens with one attached hydrogen (secondary N) is 2. The third-order valence-electron chi connectivity index (χ3n) is 4.71. The second-order valence-corrected chi connectivity index (χ2v) is 7.92. The van der Waals surface area contributed by atoms with Gasteiger partial charge in [0, 0.05) is 36.3 Å². The first-order valence-electron chi connectivity index (χ1n) is 8.66. The van der Waals surface area contributed by atoms with Crippen LogP contribution < -0.4 is 5.32 Å². The SMILES string of the molecule is Cc1nc(-c2c[nH]c(C(=O)NC[C@@H](C)N3CCC[C@H](C)C3)c2)cs1. The lowest BCUT2D eigenvalue weighted by atomic mass is 9.99. The molecule has 2 aromatic rings. The van der Waals surface area contributed by atoms with Gasteiger partial charge < -0.3 is 10.3 Å². The third-order valence-corrected chi connectivity index (χ3v) is 5.49. The van der Waals surface area contributed by atoms with Crippen LogP contribution in [0.1, 0.15) is 42.2 Å². The lowest BCUT2D eigenvalue weighted by molar-refractivity contribution is 0.0913. The number of likely N-dealkylation sites (tertiary alicyclic amines) is 1. The molecule has 1 saturated heterocycles. The molecule has 1 aliphatic rings. The Kier molecular flexibility index (Phi) is 5.36. The van der Waals surface area contributed by atoms with Crippen molar-refractivity contribution in [1.82, 2.24) is 20.2 Å². The monoisotopic (exact) mass is 346 g/mol. The maximum absolute atomic E-state index is 12.4. The van der Waals surface area contributed by atoms with Gasteiger partial charge in [0.15, 0.2) is 0 Å². The molecular formula is C18H26N4OS. The van der Waals surface area contributed by atoms with Crippen LogP contribution in [0.15, 0.2) is 17.6 Å². The highest BCUT2D eigenvalue weighted by molar-refractivity contribution is 7.09. The van der Waals surface area contributed by atoms with E-state index < -0.39 is 0 Å². The van der Waals surface area contributed by atoms with Gasteiger partial charge in [-0.25, -0.2) is 4.98 Å². The Balaban J connectivity index is 1.54. The summed E-state index contributed by atoms with van der Waals surface area (Å²) < 4.78 is 0. The molecule has 2 aromatic heterocycles. The van der Waals surface area contributed by atoms with Crippen molar-refractivity contribution in [2.45, 2.75) is 39.7 Å². The molecule has 0 radical (unpaired) electrons. The van der Waals surface area contributed by atoms with Crippen LogP contribution in [0.25, 0.3) is 11.3 Å². The number of hydrogen-bond acceptors (Lipinski definition) is 4. The maximum Gasteiger partial charge on any atom is 0.267 e. The lowest BCUT2D eigenvalue weighted by Crippen LogP contribution is -2.46. The fourth-order valence-corrected chi connectivity index (χ4v) is 3.88. The molecule has 24 heavy (non-hydrogen) atoms. The average Bonchev–Trinajstić information content (AvgIpc) is 3.21. The molecule has 1 fully saturated rings. The zero-order valence-corrected chi connectivity index (χ0v) is 15.4. The number of aromatic amines is 1. The number of nitrogens with zero attached hydrogens (tertiary/aromatic N) is 2. The summed E-state index contributed by atoms with van der Waals surface area (Å²) in [7, 11) is 0. The van der Waals surface area contributed by atoms with Gasteiger partial charge in [0.05, 0.1) is 10.7 Å². The minimum Gasteiger partial charge on any atom is -0.357 e. The van der Waals surface area contributed by atoms with E-state index in [1.54, 1.807) is 11.3 Å². The highest BCUT2D eigenvalue weighted by Gasteiger charge is 2.21. The van der Waals surface area contributed by atoms with Gasteiger partial charge in [0.25, 0.3) is 5.91 Å². The lowest BCUT2D eigenvalue weighted by Gasteiger charge is -2.35. The van der Waals surface area contributed by atoms with Crippen molar-refractivity contribution in [3.05, 3.63) is 28.3 Å². The number of aryl methyl sites for hydroxylation is 1. The summed E-state index contributed by atoms with van der Waals surface area (Å²) in [5.41, 5.74) is 2.47. The fourth-order valence-electron chi connectivity index (χ4n) is 3.26. The summed E-state index contributed by atoms with van der Waals surface area (Å²) in [6.45, 7) is 9.42. The van der Waals surface area contributed by atoms with Gasteiger partial charge in [-0.3, -0.25) is 9.69 Å². The Morgan fingerprint density at radius 3 is 3.12 bits per heavy atom. The van der Waals surface area contributed by atoms with Crippen molar-refractivity contribution in [3.8, 4) is 11.3 Å². The number of carbonyl (C=O) groups excluding carboxylic acids is 1. The van der Waals surface area contributed by atoms with Crippen molar-refractivity contribution in [1.29, 1.82) is 0 Å². The van der Waals surface area contributed by atoms with Crippen LogP contribution in [0.2, 0.25) is 0 Å². The van der Waals surface area contributed by atoms with Gasteiger partial charge in [-0.15, -0.1) is 11.3 Å². The summed E-state index contributed by atoms with van der Waals surface area (Å²) in [5.74, 6) is 0.703. The molecule has 2 atom stereocenters. The molecule has 5 nitrogen and oxygen atoms in total. The second-order valence-electron chi connectivity index (χ2n) is 6.86. The minimum atomic E-state index is -0.0508. The molecule has 1 aliphatic heterocycles. The molecule has 2 N–H and O–H groups in total. The summed E-state index contributed by atoms with van der Waals surface area (Å²) in [6.07, 6.45) is 4.42. The van der Waals surface area contributed by atoms with Gasteiger partial charge in [-0.2, -0.15) is 0 Å². The van der Waals surface area contributed by atoms with Gasteiger partial charge in [-0.1, -0.05) is 6.92 Å². The first-order chi connectivity index (χ1) is 11.5. The summed E-state index contributed by atoms with van der Waals surface area (Å²) >= 11 is 1.62. The van der Waals surface area contributed by atoms with E-state index in [1.807, 2.05) is 24.6 Å². The number of carbonyl (C=O) groups is 1. The molecule has 0 saturated carbocycles. The first-order valence-corrected chi connectivity index (χ1v) is 9.54. The Bertz CT molecular complexity index is 693. The van der Waals surface area contributed by atoms with E-state index in [9.17, 15) is 4.79 Å². The molecule has 0 spiro atoms. The quantitative estimate of drug-likeness (QED) is 0.873. The largest absolute Gasteiger partial charge is 0.357 e. The first kappa shape index (κ1) is 17.2. The number of hydrogen-bond donors (Lipinski definition) is 2. The van der Waals surface area contributed by atoms with Crippen molar-refractivity contribution in [2.75, 3.05) is 19.6 Å². The smallest absolute Gasteiger partial charge is 0.267 e. The molecule has 3 rings (SSSR count). The molecule has 0 aliphatic carbocycles. The molecule has 1 amide bonds. The van der Waals surface area contributed by atoms with E-state index in [0.29, 0.717) is 18.3 Å². The maximum atomic E-state index is 12.4. The van der Waals surface area contributed by atoms with Crippen LogP contribution in [-0.4, -0.2) is 46.5 Å². The summed E-state index contributed by atoms with van der Waals surface area (Å²) in [4.78, 5) is 22.4. The number of aromatic nitrogens is 2. The minimum absolute atomic E-state index is 0.0508. The highest BCUT2D eigenvalue weighted by atomic mass is 32.1. The summed E-state index contributed by atoms with van der Waals surface area (Å²) in [6, 6.07) is 2.24. The van der Waals surface area contributed by atoms with Crippen LogP contribution in [-0.2, 0) is 0 Å². The van der Waals surface area contributed by atoms with Crippen molar-refractivity contribution in [2.24, 2.45) is 5.92 Å². The van der Waals surface area contributed by atoms with Crippen LogP contribution >= 0.6 is 11.3 Å². The standard InChI is InChI=1S/C18H26N4OS/c1-12-5-4-6-22(10-12)13(2)8-20-18(23)16-7-15(9-19-16)17-11-24-14(3)21-17/h7,9,11-13,19H,4-6,8,10H2,1-3H3,(H,20,23)/t12-,13+/m0/s1. The zero-order valence-electron chi connectivity index (χ0n) is 14.6. The number of piperidine rings is 1. The van der Waals surface area contributed by atoms with Crippen molar-refractivity contribution in [3.63, 3.8) is 0 Å². The van der Waals surface area contributed by atoms with Crippen molar-refractivity contribution < 1.29 is 4.79 Å². The van der Waals surface area contributed by atoms with Gasteiger partial charge in [0.2, 0.25) is 0 Å². The topological polar surface area (TPSA) is 61.0 Å². The Labute approximate surface area is 147 Å². The van der Waals surface area contributed by atoms with Crippen LogP contribution in [0.3, 0.4) is 0 Å². The molecule has 6 heteroatoms. The molecule has 0 bridgehead atoms. The van der Waals surface area contributed by atoms with Crippen LogP contribution in [0.5, 0.6) is 0 Å². The van der Waals surface area contributed by atoms with E-state index in [1.165, 1.54) is 12.8 Å². The van der Waals surface area contributed by atoms with Crippen LogP contribution in [0, 0.1) is 12.8 Å². The fraction of sp³-hybridized carbons (Fsp3) is 0.556. The van der Waals surface area contributed by atoms with E-state index >= 15 is 0 Å². The number of amides is 1. The van der Waals surface area contributed by atoms with E-state index in [4.69, 9.17) is 0 Å². The van der Waals surface area contributed by atoms with Gasteiger partial charge in [0.1, 0.15) is 5.69 Å². The Morgan fingerprint density at radius 1 is 1.58 bits per heavy atom. The van der Waals surface area contributed by atoms with Crippen LogP contribution in [0.4, 0.5) is 0 Å². The van der Waals surface area contributed by atoms with E-state index in [0.717, 1.165) is 35.3 Å². The zero-order chi connectivity index (χ0) is 17.1. The predicted octanol–water partition coefficient (Wildman–Crippen LogP) is 3.30. The summed E-state index contributed by atoms with van der Waals surface area (Å²) in [5, 5.41) is 6.09. The number of thiazole rings is 1. The Hall–Kier alpha value is -1.66. The molecule has 0 aromatic carbocycles. The second kappa shape index (κ2) is 7.49. The highest BCUT2D eigenvalue weighted by Crippen LogP contribution is 2.22.